The quantitative estimate of drug-likeness (QED) is 0.502. The van der Waals surface area contributed by atoms with Crippen LogP contribution in [0.4, 0.5) is 0 Å². The molecule has 0 aliphatic heterocycles. The molecule has 0 saturated carbocycles. The molecule has 0 aliphatic rings. The molecule has 5 heteroatoms. The highest BCUT2D eigenvalue weighted by Gasteiger charge is 2.07. The van der Waals surface area contributed by atoms with E-state index < -0.39 is 0 Å². The van der Waals surface area contributed by atoms with Crippen molar-refractivity contribution in [2.24, 2.45) is 7.05 Å². The van der Waals surface area contributed by atoms with Gasteiger partial charge in [0, 0.05) is 13.2 Å². The number of hydrogen-bond acceptors (Lipinski definition) is 4. The minimum absolute atomic E-state index is 0.121. The maximum absolute atomic E-state index is 12.1. The topological polar surface area (TPSA) is 57.3 Å². The Morgan fingerprint density at radius 2 is 1.96 bits per heavy atom. The molecule has 0 saturated heterocycles. The lowest BCUT2D eigenvalue weighted by Gasteiger charge is -2.06. The maximum atomic E-state index is 12.1. The highest BCUT2D eigenvalue weighted by Crippen LogP contribution is 2.19. The van der Waals surface area contributed by atoms with E-state index in [1.54, 1.807) is 25.4 Å². The molecule has 0 atom stereocenters. The van der Waals surface area contributed by atoms with Crippen LogP contribution in [0.2, 0.25) is 0 Å². The van der Waals surface area contributed by atoms with Gasteiger partial charge in [-0.15, -0.1) is 0 Å². The molecule has 25 heavy (non-hydrogen) atoms. The first kappa shape index (κ1) is 16.8. The zero-order valence-corrected chi connectivity index (χ0v) is 14.5. The highest BCUT2D eigenvalue weighted by atomic mass is 16.5. The van der Waals surface area contributed by atoms with Crippen LogP contribution in [0.5, 0.6) is 5.75 Å². The fourth-order valence-corrected chi connectivity index (χ4v) is 2.59. The Bertz CT molecular complexity index is 898. The van der Waals surface area contributed by atoms with E-state index in [1.165, 1.54) is 10.8 Å². The number of carbonyl (C=O) groups excluding carboxylic acids is 1. The van der Waals surface area contributed by atoms with Crippen LogP contribution in [0.15, 0.2) is 53.1 Å². The number of benzene rings is 1. The average molecular weight is 336 g/mol. The van der Waals surface area contributed by atoms with Crippen molar-refractivity contribution in [2.75, 3.05) is 0 Å². The number of furan rings is 1. The van der Waals surface area contributed by atoms with E-state index in [2.05, 4.69) is 11.2 Å². The van der Waals surface area contributed by atoms with Crippen molar-refractivity contribution in [3.05, 3.63) is 77.0 Å². The molecule has 0 radical (unpaired) electrons. The summed E-state index contributed by atoms with van der Waals surface area (Å²) in [7, 11) is 1.73. The lowest BCUT2D eigenvalue weighted by Crippen LogP contribution is -2.03. The van der Waals surface area contributed by atoms with Gasteiger partial charge in [0.05, 0.1) is 0 Å². The number of rotatable bonds is 6. The second kappa shape index (κ2) is 7.21. The van der Waals surface area contributed by atoms with Crippen LogP contribution < -0.4 is 4.74 Å². The van der Waals surface area contributed by atoms with Gasteiger partial charge in [0.15, 0.2) is 0 Å². The smallest absolute Gasteiger partial charge is 0.203 e. The van der Waals surface area contributed by atoms with Gasteiger partial charge in [0.1, 0.15) is 29.6 Å². The molecular weight excluding hydrogens is 316 g/mol. The predicted molar refractivity (Wildman–Crippen MR) is 95.5 cm³/mol. The molecule has 0 spiro atoms. The normalized spacial score (nSPS) is 11.2. The maximum Gasteiger partial charge on any atom is 0.203 e. The van der Waals surface area contributed by atoms with Gasteiger partial charge in [-0.25, -0.2) is 0 Å². The molecule has 0 aliphatic carbocycles. The van der Waals surface area contributed by atoms with Crippen LogP contribution in [-0.2, 0) is 13.7 Å². The molecule has 2 aromatic heterocycles. The van der Waals surface area contributed by atoms with Crippen molar-refractivity contribution in [1.82, 2.24) is 9.78 Å². The first-order valence-corrected chi connectivity index (χ1v) is 8.01. The fourth-order valence-electron chi connectivity index (χ4n) is 2.59. The van der Waals surface area contributed by atoms with Crippen LogP contribution >= 0.6 is 0 Å². The summed E-state index contributed by atoms with van der Waals surface area (Å²) in [5, 5.41) is 3.98. The Hall–Kier alpha value is -3.08. The third-order valence-electron chi connectivity index (χ3n) is 3.73. The van der Waals surface area contributed by atoms with Crippen molar-refractivity contribution in [3.8, 4) is 5.75 Å². The third-order valence-corrected chi connectivity index (χ3v) is 3.73. The number of ether oxygens (including phenoxy) is 1. The highest BCUT2D eigenvalue weighted by molar-refractivity contribution is 6.05. The van der Waals surface area contributed by atoms with E-state index in [9.17, 15) is 4.79 Å². The third kappa shape index (κ3) is 4.26. The SMILES string of the molecule is Cc1cc(C)cc(OCc2ccc(/C=C/C(=O)c3ccnn3C)o2)c1. The van der Waals surface area contributed by atoms with E-state index in [-0.39, 0.29) is 5.78 Å². The fraction of sp³-hybridized carbons (Fsp3) is 0.200. The minimum Gasteiger partial charge on any atom is -0.486 e. The molecule has 128 valence electrons. The van der Waals surface area contributed by atoms with Crippen LogP contribution in [0, 0.1) is 13.8 Å². The summed E-state index contributed by atoms with van der Waals surface area (Å²) in [5.41, 5.74) is 2.85. The summed E-state index contributed by atoms with van der Waals surface area (Å²) < 4.78 is 13.0. The van der Waals surface area contributed by atoms with E-state index in [4.69, 9.17) is 9.15 Å². The number of carbonyl (C=O) groups is 1. The molecular formula is C20H20N2O3. The largest absolute Gasteiger partial charge is 0.486 e. The molecule has 3 aromatic rings. The summed E-state index contributed by atoms with van der Waals surface area (Å²) in [6.45, 7) is 4.41. The predicted octanol–water partition coefficient (Wildman–Crippen LogP) is 4.11. The van der Waals surface area contributed by atoms with Gasteiger partial charge in [0.25, 0.3) is 0 Å². The van der Waals surface area contributed by atoms with Gasteiger partial charge in [0.2, 0.25) is 5.78 Å². The molecule has 0 amide bonds. The monoisotopic (exact) mass is 336 g/mol. The van der Waals surface area contributed by atoms with Gasteiger partial charge >= 0.3 is 0 Å². The van der Waals surface area contributed by atoms with Crippen molar-refractivity contribution in [1.29, 1.82) is 0 Å². The molecule has 1 aromatic carbocycles. The summed E-state index contributed by atoms with van der Waals surface area (Å²) in [4.78, 5) is 12.1. The number of allylic oxidation sites excluding steroid dienone is 1. The number of aryl methyl sites for hydroxylation is 3. The number of aromatic nitrogens is 2. The Balaban J connectivity index is 1.61. The van der Waals surface area contributed by atoms with Crippen molar-refractivity contribution >= 4 is 11.9 Å². The second-order valence-electron chi connectivity index (χ2n) is 5.95. The zero-order valence-electron chi connectivity index (χ0n) is 14.5. The van der Waals surface area contributed by atoms with Crippen molar-refractivity contribution in [3.63, 3.8) is 0 Å². The Morgan fingerprint density at radius 3 is 2.64 bits per heavy atom. The van der Waals surface area contributed by atoms with Gasteiger partial charge in [-0.3, -0.25) is 9.48 Å². The second-order valence-corrected chi connectivity index (χ2v) is 5.95. The first-order valence-electron chi connectivity index (χ1n) is 8.01. The lowest BCUT2D eigenvalue weighted by atomic mass is 10.1. The van der Waals surface area contributed by atoms with Gasteiger partial charge in [-0.1, -0.05) is 6.07 Å². The summed E-state index contributed by atoms with van der Waals surface area (Å²) in [6, 6.07) is 11.4. The first-order chi connectivity index (χ1) is 12.0. The summed E-state index contributed by atoms with van der Waals surface area (Å²) in [5.74, 6) is 2.00. The Morgan fingerprint density at radius 1 is 1.20 bits per heavy atom. The number of nitrogens with zero attached hydrogens (tertiary/aromatic N) is 2. The molecule has 0 bridgehead atoms. The standard InChI is InChI=1S/C20H20N2O3/c1-14-10-15(2)12-18(11-14)24-13-17-5-4-16(25-17)6-7-20(23)19-8-9-21-22(19)3/h4-12H,13H2,1-3H3/b7-6+. The van der Waals surface area contributed by atoms with Crippen LogP contribution in [-0.4, -0.2) is 15.6 Å². The minimum atomic E-state index is -0.121. The van der Waals surface area contributed by atoms with Gasteiger partial charge in [-0.05, 0) is 67.5 Å². The average Bonchev–Trinajstić information content (AvgIpc) is 3.18. The van der Waals surface area contributed by atoms with Crippen LogP contribution in [0.1, 0.15) is 33.1 Å². The van der Waals surface area contributed by atoms with E-state index in [1.807, 2.05) is 38.1 Å². The Kier molecular flexibility index (Phi) is 4.84. The number of ketones is 1. The van der Waals surface area contributed by atoms with Crippen LogP contribution in [0.3, 0.4) is 0 Å². The molecule has 0 fully saturated rings. The van der Waals surface area contributed by atoms with E-state index >= 15 is 0 Å². The van der Waals surface area contributed by atoms with Gasteiger partial charge in [-0.2, -0.15) is 5.10 Å². The summed E-state index contributed by atoms with van der Waals surface area (Å²) in [6.07, 6.45) is 4.72. The summed E-state index contributed by atoms with van der Waals surface area (Å²) >= 11 is 0. The van der Waals surface area contributed by atoms with Crippen molar-refractivity contribution in [2.45, 2.75) is 20.5 Å². The molecule has 2 heterocycles. The Labute approximate surface area is 146 Å². The lowest BCUT2D eigenvalue weighted by molar-refractivity contribution is 0.103. The molecule has 5 nitrogen and oxygen atoms in total. The molecule has 0 unspecified atom stereocenters. The zero-order chi connectivity index (χ0) is 17.8. The van der Waals surface area contributed by atoms with Gasteiger partial charge < -0.3 is 9.15 Å². The van der Waals surface area contributed by atoms with Crippen molar-refractivity contribution < 1.29 is 13.9 Å². The van der Waals surface area contributed by atoms with E-state index in [0.717, 1.165) is 16.9 Å². The molecule has 3 rings (SSSR count). The van der Waals surface area contributed by atoms with Crippen LogP contribution in [0.25, 0.3) is 6.08 Å². The van der Waals surface area contributed by atoms with E-state index in [0.29, 0.717) is 23.8 Å². The number of hydrogen-bond donors (Lipinski definition) is 0. The molecule has 0 N–H and O–H groups in total.